The van der Waals surface area contributed by atoms with Gasteiger partial charge in [0, 0.05) is 24.0 Å². The van der Waals surface area contributed by atoms with Gasteiger partial charge in [0.05, 0.1) is 6.54 Å². The average molecular weight is 243 g/mol. The summed E-state index contributed by atoms with van der Waals surface area (Å²) in [4.78, 5) is 11.5. The molecule has 2 aromatic rings. The highest BCUT2D eigenvalue weighted by Gasteiger charge is 2.06. The van der Waals surface area contributed by atoms with E-state index in [4.69, 9.17) is 0 Å². The molecule has 0 fully saturated rings. The molecule has 94 valence electrons. The fourth-order valence-corrected chi connectivity index (χ4v) is 1.56. The lowest BCUT2D eigenvalue weighted by atomic mass is 10.1. The first-order chi connectivity index (χ1) is 8.65. The van der Waals surface area contributed by atoms with Crippen LogP contribution in [-0.4, -0.2) is 15.7 Å². The standard InChI is InChI=1S/C14H17N3O/c1-11(2)14(18)16-13-6-4-12(5-7-13)10-17-9-3-8-15-17/h3-9,11H,10H2,1-2H3,(H,16,18). The van der Waals surface area contributed by atoms with Crippen molar-refractivity contribution in [3.8, 4) is 0 Å². The van der Waals surface area contributed by atoms with E-state index in [0.29, 0.717) is 0 Å². The molecule has 0 saturated heterocycles. The summed E-state index contributed by atoms with van der Waals surface area (Å²) in [6, 6.07) is 9.73. The normalized spacial score (nSPS) is 10.6. The number of nitrogens with zero attached hydrogens (tertiary/aromatic N) is 2. The molecule has 2 rings (SSSR count). The molecule has 0 aliphatic carbocycles. The molecule has 0 spiro atoms. The van der Waals surface area contributed by atoms with Crippen LogP contribution in [-0.2, 0) is 11.3 Å². The van der Waals surface area contributed by atoms with Gasteiger partial charge in [0.15, 0.2) is 0 Å². The van der Waals surface area contributed by atoms with Gasteiger partial charge in [-0.05, 0) is 23.8 Å². The molecule has 1 aromatic carbocycles. The molecule has 0 bridgehead atoms. The monoisotopic (exact) mass is 243 g/mol. The average Bonchev–Trinajstić information content (AvgIpc) is 2.84. The van der Waals surface area contributed by atoms with E-state index in [1.54, 1.807) is 6.20 Å². The van der Waals surface area contributed by atoms with E-state index in [-0.39, 0.29) is 11.8 Å². The van der Waals surface area contributed by atoms with Crippen LogP contribution in [0.15, 0.2) is 42.7 Å². The van der Waals surface area contributed by atoms with Crippen LogP contribution in [0.1, 0.15) is 19.4 Å². The third kappa shape index (κ3) is 3.20. The maximum atomic E-state index is 11.5. The molecule has 4 heteroatoms. The summed E-state index contributed by atoms with van der Waals surface area (Å²) < 4.78 is 1.86. The van der Waals surface area contributed by atoms with Gasteiger partial charge < -0.3 is 5.32 Å². The van der Waals surface area contributed by atoms with Crippen molar-refractivity contribution in [2.24, 2.45) is 5.92 Å². The van der Waals surface area contributed by atoms with Crippen LogP contribution in [0.5, 0.6) is 0 Å². The van der Waals surface area contributed by atoms with Gasteiger partial charge in [-0.15, -0.1) is 0 Å². The van der Waals surface area contributed by atoms with Crippen LogP contribution in [0.25, 0.3) is 0 Å². The van der Waals surface area contributed by atoms with Gasteiger partial charge in [-0.25, -0.2) is 0 Å². The molecule has 0 unspecified atom stereocenters. The van der Waals surface area contributed by atoms with E-state index in [9.17, 15) is 4.79 Å². The van der Waals surface area contributed by atoms with Crippen molar-refractivity contribution in [2.45, 2.75) is 20.4 Å². The summed E-state index contributed by atoms with van der Waals surface area (Å²) in [7, 11) is 0. The molecule has 0 aliphatic heterocycles. The van der Waals surface area contributed by atoms with Crippen LogP contribution in [0.2, 0.25) is 0 Å². The highest BCUT2D eigenvalue weighted by Crippen LogP contribution is 2.11. The Balaban J connectivity index is 1.99. The van der Waals surface area contributed by atoms with Crippen molar-refractivity contribution in [1.29, 1.82) is 0 Å². The molecule has 1 N–H and O–H groups in total. The second kappa shape index (κ2) is 5.49. The van der Waals surface area contributed by atoms with Crippen molar-refractivity contribution in [2.75, 3.05) is 5.32 Å². The predicted octanol–water partition coefficient (Wildman–Crippen LogP) is 2.53. The van der Waals surface area contributed by atoms with Crippen molar-refractivity contribution in [1.82, 2.24) is 9.78 Å². The van der Waals surface area contributed by atoms with Gasteiger partial charge in [-0.2, -0.15) is 5.10 Å². The molecule has 0 radical (unpaired) electrons. The molecule has 1 amide bonds. The van der Waals surface area contributed by atoms with Gasteiger partial charge in [0.2, 0.25) is 5.91 Å². The Bertz CT molecular complexity index is 500. The molecule has 1 aromatic heterocycles. The van der Waals surface area contributed by atoms with E-state index in [0.717, 1.165) is 17.8 Å². The molecular formula is C14H17N3O. The predicted molar refractivity (Wildman–Crippen MR) is 71.2 cm³/mol. The zero-order valence-corrected chi connectivity index (χ0v) is 10.6. The zero-order valence-electron chi connectivity index (χ0n) is 10.6. The number of benzene rings is 1. The van der Waals surface area contributed by atoms with Crippen LogP contribution in [0.4, 0.5) is 5.69 Å². The van der Waals surface area contributed by atoms with E-state index in [1.807, 2.05) is 55.1 Å². The van der Waals surface area contributed by atoms with Crippen LogP contribution >= 0.6 is 0 Å². The van der Waals surface area contributed by atoms with Crippen molar-refractivity contribution in [3.05, 3.63) is 48.3 Å². The third-order valence-electron chi connectivity index (χ3n) is 2.65. The van der Waals surface area contributed by atoms with Gasteiger partial charge in [-0.3, -0.25) is 9.48 Å². The smallest absolute Gasteiger partial charge is 0.226 e. The van der Waals surface area contributed by atoms with E-state index >= 15 is 0 Å². The summed E-state index contributed by atoms with van der Waals surface area (Å²) in [5, 5.41) is 7.02. The number of carbonyl (C=O) groups is 1. The molecule has 0 saturated carbocycles. The van der Waals surface area contributed by atoms with Crippen molar-refractivity contribution >= 4 is 11.6 Å². The van der Waals surface area contributed by atoms with Crippen LogP contribution in [0, 0.1) is 5.92 Å². The zero-order chi connectivity index (χ0) is 13.0. The second-order valence-electron chi connectivity index (χ2n) is 4.54. The minimum Gasteiger partial charge on any atom is -0.326 e. The largest absolute Gasteiger partial charge is 0.326 e. The van der Waals surface area contributed by atoms with Crippen molar-refractivity contribution < 1.29 is 4.79 Å². The molecule has 4 nitrogen and oxygen atoms in total. The van der Waals surface area contributed by atoms with Crippen molar-refractivity contribution in [3.63, 3.8) is 0 Å². The minimum absolute atomic E-state index is 0.00579. The first-order valence-electron chi connectivity index (χ1n) is 6.02. The SMILES string of the molecule is CC(C)C(=O)Nc1ccc(Cn2cccn2)cc1. The Morgan fingerprint density at radius 2 is 2.06 bits per heavy atom. The summed E-state index contributed by atoms with van der Waals surface area (Å²) in [6.45, 7) is 4.49. The van der Waals surface area contributed by atoms with E-state index in [1.165, 1.54) is 0 Å². The second-order valence-corrected chi connectivity index (χ2v) is 4.54. The summed E-state index contributed by atoms with van der Waals surface area (Å²) in [5.41, 5.74) is 1.99. The molecule has 18 heavy (non-hydrogen) atoms. The quantitative estimate of drug-likeness (QED) is 0.897. The lowest BCUT2D eigenvalue weighted by molar-refractivity contribution is -0.118. The maximum Gasteiger partial charge on any atom is 0.226 e. The van der Waals surface area contributed by atoms with Gasteiger partial charge in [-0.1, -0.05) is 26.0 Å². The van der Waals surface area contributed by atoms with Gasteiger partial charge in [0.25, 0.3) is 0 Å². The Kier molecular flexibility index (Phi) is 3.77. The number of aromatic nitrogens is 2. The van der Waals surface area contributed by atoms with Gasteiger partial charge in [0.1, 0.15) is 0 Å². The Hall–Kier alpha value is -2.10. The first-order valence-corrected chi connectivity index (χ1v) is 6.02. The van der Waals surface area contributed by atoms with Crippen LogP contribution in [0.3, 0.4) is 0 Å². The summed E-state index contributed by atoms with van der Waals surface area (Å²) in [6.07, 6.45) is 3.69. The number of carbonyl (C=O) groups excluding carboxylic acids is 1. The lowest BCUT2D eigenvalue weighted by Crippen LogP contribution is -2.17. The highest BCUT2D eigenvalue weighted by molar-refractivity contribution is 5.91. The fraction of sp³-hybridized carbons (Fsp3) is 0.286. The van der Waals surface area contributed by atoms with Gasteiger partial charge >= 0.3 is 0 Å². The minimum atomic E-state index is -0.00579. The Morgan fingerprint density at radius 3 is 2.61 bits per heavy atom. The Morgan fingerprint density at radius 1 is 1.33 bits per heavy atom. The number of rotatable bonds is 4. The third-order valence-corrected chi connectivity index (χ3v) is 2.65. The van der Waals surface area contributed by atoms with E-state index in [2.05, 4.69) is 10.4 Å². The maximum absolute atomic E-state index is 11.5. The first kappa shape index (κ1) is 12.4. The Labute approximate surface area is 107 Å². The topological polar surface area (TPSA) is 46.9 Å². The number of amides is 1. The number of anilines is 1. The van der Waals surface area contributed by atoms with Crippen LogP contribution < -0.4 is 5.32 Å². The molecule has 0 aliphatic rings. The number of hydrogen-bond acceptors (Lipinski definition) is 2. The van der Waals surface area contributed by atoms with E-state index < -0.39 is 0 Å². The summed E-state index contributed by atoms with van der Waals surface area (Å²) >= 11 is 0. The number of nitrogens with one attached hydrogen (secondary N) is 1. The highest BCUT2D eigenvalue weighted by atomic mass is 16.1. The lowest BCUT2D eigenvalue weighted by Gasteiger charge is -2.08. The fourth-order valence-electron chi connectivity index (χ4n) is 1.56. The summed E-state index contributed by atoms with van der Waals surface area (Å²) in [5.74, 6) is 0.0311. The molecule has 0 atom stereocenters. The number of hydrogen-bond donors (Lipinski definition) is 1. The molecular weight excluding hydrogens is 226 g/mol. The molecule has 1 heterocycles.